The van der Waals surface area contributed by atoms with Crippen molar-refractivity contribution in [2.24, 2.45) is 5.41 Å². The average molecular weight is 300 g/mol. The Labute approximate surface area is 124 Å². The summed E-state index contributed by atoms with van der Waals surface area (Å²) in [4.78, 5) is 12.0. The molecule has 1 aliphatic rings. The van der Waals surface area contributed by atoms with Gasteiger partial charge in [0.15, 0.2) is 5.82 Å². The fraction of sp³-hybridized carbons (Fsp3) is 0.846. The van der Waals surface area contributed by atoms with Crippen LogP contribution in [0.15, 0.2) is 0 Å². The highest BCUT2D eigenvalue weighted by Gasteiger charge is 2.27. The monoisotopic (exact) mass is 299 g/mol. The molecule has 112 valence electrons. The molecule has 20 heavy (non-hydrogen) atoms. The molecular formula is C13H22ClN5O. The van der Waals surface area contributed by atoms with Gasteiger partial charge in [-0.15, -0.1) is 16.7 Å². The van der Waals surface area contributed by atoms with Gasteiger partial charge in [0.05, 0.1) is 18.0 Å². The highest BCUT2D eigenvalue weighted by molar-refractivity contribution is 6.19. The van der Waals surface area contributed by atoms with E-state index in [2.05, 4.69) is 20.8 Å². The third-order valence-corrected chi connectivity index (χ3v) is 4.51. The van der Waals surface area contributed by atoms with Crippen LogP contribution in [0.4, 0.5) is 0 Å². The van der Waals surface area contributed by atoms with Crippen LogP contribution in [0.1, 0.15) is 57.8 Å². The van der Waals surface area contributed by atoms with E-state index in [1.54, 1.807) is 0 Å². The fourth-order valence-corrected chi connectivity index (χ4v) is 2.52. The molecule has 7 heteroatoms. The van der Waals surface area contributed by atoms with E-state index in [0.29, 0.717) is 12.6 Å². The van der Waals surface area contributed by atoms with E-state index in [4.69, 9.17) is 11.6 Å². The number of rotatable bonds is 5. The summed E-state index contributed by atoms with van der Waals surface area (Å²) >= 11 is 5.80. The number of hydrogen-bond acceptors (Lipinski definition) is 4. The summed E-state index contributed by atoms with van der Waals surface area (Å²) < 4.78 is 1.87. The Kier molecular flexibility index (Phi) is 4.96. The van der Waals surface area contributed by atoms with Gasteiger partial charge in [0.2, 0.25) is 5.91 Å². The minimum absolute atomic E-state index is 0.0781. The normalized spacial score (nSPS) is 17.1. The summed E-state index contributed by atoms with van der Waals surface area (Å²) in [5, 5.41) is 14.7. The lowest BCUT2D eigenvalue weighted by molar-refractivity contribution is -0.128. The number of nitrogens with zero attached hydrogens (tertiary/aromatic N) is 4. The molecule has 0 bridgehead atoms. The molecule has 0 atom stereocenters. The first-order valence-electron chi connectivity index (χ1n) is 7.15. The lowest BCUT2D eigenvalue weighted by atomic mass is 9.95. The fourth-order valence-electron chi connectivity index (χ4n) is 2.40. The number of nitrogens with one attached hydrogen (secondary N) is 1. The first-order valence-corrected chi connectivity index (χ1v) is 7.69. The quantitative estimate of drug-likeness (QED) is 0.845. The second-order valence-corrected chi connectivity index (χ2v) is 6.30. The molecule has 0 unspecified atom stereocenters. The molecule has 0 spiro atoms. The van der Waals surface area contributed by atoms with Gasteiger partial charge in [-0.3, -0.25) is 4.79 Å². The van der Waals surface area contributed by atoms with E-state index in [1.165, 1.54) is 19.3 Å². The molecule has 1 saturated carbocycles. The Morgan fingerprint density at radius 1 is 1.40 bits per heavy atom. The number of amides is 1. The van der Waals surface area contributed by atoms with Crippen molar-refractivity contribution in [3.8, 4) is 0 Å². The summed E-state index contributed by atoms with van der Waals surface area (Å²) in [6.45, 7) is 3.99. The number of tetrazole rings is 1. The summed E-state index contributed by atoms with van der Waals surface area (Å²) in [6, 6.07) is 0.367. The zero-order valence-electron chi connectivity index (χ0n) is 12.1. The van der Waals surface area contributed by atoms with Crippen molar-refractivity contribution >= 4 is 17.5 Å². The lowest BCUT2D eigenvalue weighted by Crippen LogP contribution is -2.38. The van der Waals surface area contributed by atoms with Gasteiger partial charge in [-0.2, -0.15) is 0 Å². The highest BCUT2D eigenvalue weighted by atomic mass is 35.5. The summed E-state index contributed by atoms with van der Waals surface area (Å²) in [7, 11) is 0. The van der Waals surface area contributed by atoms with Crippen molar-refractivity contribution in [3.63, 3.8) is 0 Å². The van der Waals surface area contributed by atoms with Gasteiger partial charge in [-0.25, -0.2) is 4.68 Å². The van der Waals surface area contributed by atoms with Gasteiger partial charge in [0, 0.05) is 5.88 Å². The van der Waals surface area contributed by atoms with Crippen molar-refractivity contribution in [1.82, 2.24) is 25.5 Å². The third-order valence-electron chi connectivity index (χ3n) is 3.84. The molecule has 1 fully saturated rings. The number of carbonyl (C=O) groups excluding carboxylic acids is 1. The summed E-state index contributed by atoms with van der Waals surface area (Å²) in [6.07, 6.45) is 5.94. The molecule has 1 heterocycles. The number of hydrogen-bond donors (Lipinski definition) is 1. The van der Waals surface area contributed by atoms with Crippen LogP contribution in [0.5, 0.6) is 0 Å². The predicted molar refractivity (Wildman–Crippen MR) is 76.3 cm³/mol. The van der Waals surface area contributed by atoms with Crippen molar-refractivity contribution in [2.75, 3.05) is 5.88 Å². The van der Waals surface area contributed by atoms with Gasteiger partial charge in [-0.1, -0.05) is 19.3 Å². The van der Waals surface area contributed by atoms with Crippen LogP contribution in [0.3, 0.4) is 0 Å². The minimum Gasteiger partial charge on any atom is -0.348 e. The Bertz CT molecular complexity index is 453. The van der Waals surface area contributed by atoms with Crippen molar-refractivity contribution in [3.05, 3.63) is 5.82 Å². The number of carbonyl (C=O) groups is 1. The molecular weight excluding hydrogens is 278 g/mol. The van der Waals surface area contributed by atoms with Gasteiger partial charge >= 0.3 is 0 Å². The van der Waals surface area contributed by atoms with Crippen molar-refractivity contribution < 1.29 is 4.79 Å². The summed E-state index contributed by atoms with van der Waals surface area (Å²) in [5.74, 6) is 0.924. The van der Waals surface area contributed by atoms with Crippen LogP contribution < -0.4 is 5.32 Å². The number of aromatic nitrogens is 4. The second-order valence-electron chi connectivity index (χ2n) is 6.03. The van der Waals surface area contributed by atoms with Gasteiger partial charge in [0.1, 0.15) is 0 Å². The maximum atomic E-state index is 12.0. The van der Waals surface area contributed by atoms with Crippen LogP contribution in [0.25, 0.3) is 0 Å². The first kappa shape index (κ1) is 15.2. The van der Waals surface area contributed by atoms with E-state index in [0.717, 1.165) is 18.7 Å². The molecule has 2 rings (SSSR count). The third kappa shape index (κ3) is 3.48. The average Bonchev–Trinajstić information content (AvgIpc) is 2.94. The molecule has 1 amide bonds. The molecule has 0 radical (unpaired) electrons. The minimum atomic E-state index is -0.579. The smallest absolute Gasteiger partial charge is 0.227 e. The van der Waals surface area contributed by atoms with Crippen molar-refractivity contribution in [1.29, 1.82) is 0 Å². The Balaban J connectivity index is 1.97. The molecule has 1 aliphatic carbocycles. The van der Waals surface area contributed by atoms with Crippen LogP contribution in [0.2, 0.25) is 0 Å². The van der Waals surface area contributed by atoms with Crippen LogP contribution in [-0.2, 0) is 11.3 Å². The molecule has 0 saturated heterocycles. The zero-order valence-corrected chi connectivity index (χ0v) is 12.9. The highest BCUT2D eigenvalue weighted by Crippen LogP contribution is 2.27. The van der Waals surface area contributed by atoms with Gasteiger partial charge < -0.3 is 5.32 Å². The maximum absolute atomic E-state index is 12.0. The molecule has 1 N–H and O–H groups in total. The largest absolute Gasteiger partial charge is 0.348 e. The summed E-state index contributed by atoms with van der Waals surface area (Å²) in [5.41, 5.74) is -0.579. The van der Waals surface area contributed by atoms with E-state index in [1.807, 2.05) is 18.5 Å². The Morgan fingerprint density at radius 2 is 2.10 bits per heavy atom. The zero-order chi connectivity index (χ0) is 14.6. The standard InChI is InChI=1S/C13H22ClN5O/c1-13(2,9-14)12(20)15-8-11-16-17-18-19(11)10-6-4-3-5-7-10/h10H,3-9H2,1-2H3,(H,15,20). The van der Waals surface area contributed by atoms with E-state index in [-0.39, 0.29) is 11.8 Å². The topological polar surface area (TPSA) is 72.7 Å². The molecule has 1 aromatic rings. The van der Waals surface area contributed by atoms with Crippen LogP contribution in [-0.4, -0.2) is 32.0 Å². The Hall–Kier alpha value is -1.17. The second kappa shape index (κ2) is 6.52. The van der Waals surface area contributed by atoms with E-state index in [9.17, 15) is 4.79 Å². The first-order chi connectivity index (χ1) is 9.54. The van der Waals surface area contributed by atoms with Crippen molar-refractivity contribution in [2.45, 2.75) is 58.5 Å². The molecule has 0 aliphatic heterocycles. The van der Waals surface area contributed by atoms with Crippen LogP contribution in [0, 0.1) is 5.41 Å². The number of halogens is 1. The van der Waals surface area contributed by atoms with Crippen LogP contribution >= 0.6 is 11.6 Å². The molecule has 6 nitrogen and oxygen atoms in total. The van der Waals surface area contributed by atoms with E-state index >= 15 is 0 Å². The van der Waals surface area contributed by atoms with Gasteiger partial charge in [-0.05, 0) is 37.1 Å². The molecule has 1 aromatic heterocycles. The SMILES string of the molecule is CC(C)(CCl)C(=O)NCc1nnnn1C1CCCCC1. The Morgan fingerprint density at radius 3 is 2.75 bits per heavy atom. The van der Waals surface area contributed by atoms with Gasteiger partial charge in [0.25, 0.3) is 0 Å². The van der Waals surface area contributed by atoms with E-state index < -0.39 is 5.41 Å². The predicted octanol–water partition coefficient (Wildman–Crippen LogP) is 2.06. The lowest BCUT2D eigenvalue weighted by Gasteiger charge is -2.23. The molecule has 0 aromatic carbocycles. The number of alkyl halides is 1. The maximum Gasteiger partial charge on any atom is 0.227 e.